The molecule has 1 aliphatic heterocycles. The number of carbonyl (C=O) groups excluding carboxylic acids is 1. The number of benzene rings is 1. The Hall–Kier alpha value is -1.97. The fraction of sp³-hybridized carbons (Fsp3) is 0.438. The zero-order chi connectivity index (χ0) is 14.4. The first kappa shape index (κ1) is 14.4. The van der Waals surface area contributed by atoms with E-state index in [2.05, 4.69) is 5.32 Å². The third-order valence-electron chi connectivity index (χ3n) is 3.41. The standard InChI is InChI=1S/C16H21NO3/c1-12(4-5-13-6-8-15(18)9-7-13)17-16(19)14-3-2-10-20-11-14/h6-9,11-12,18H,2-5,10H2,1H3,(H,17,19). The molecule has 0 fully saturated rings. The van der Waals surface area contributed by atoms with Crippen LogP contribution >= 0.6 is 0 Å². The monoisotopic (exact) mass is 275 g/mol. The first-order valence-electron chi connectivity index (χ1n) is 7.04. The Morgan fingerprint density at radius 1 is 1.40 bits per heavy atom. The molecule has 108 valence electrons. The molecule has 0 radical (unpaired) electrons. The number of ether oxygens (including phenoxy) is 1. The second-order valence-corrected chi connectivity index (χ2v) is 5.20. The molecule has 0 bridgehead atoms. The van der Waals surface area contributed by atoms with Crippen molar-refractivity contribution in [1.29, 1.82) is 0 Å². The molecule has 2 rings (SSSR count). The van der Waals surface area contributed by atoms with Gasteiger partial charge < -0.3 is 15.2 Å². The zero-order valence-corrected chi connectivity index (χ0v) is 11.8. The van der Waals surface area contributed by atoms with Crippen LogP contribution in [0.4, 0.5) is 0 Å². The second-order valence-electron chi connectivity index (χ2n) is 5.20. The van der Waals surface area contributed by atoms with Crippen LogP contribution in [0.15, 0.2) is 36.1 Å². The van der Waals surface area contributed by atoms with E-state index in [0.29, 0.717) is 6.61 Å². The first-order valence-corrected chi connectivity index (χ1v) is 7.04. The average Bonchev–Trinajstić information content (AvgIpc) is 2.47. The summed E-state index contributed by atoms with van der Waals surface area (Å²) >= 11 is 0. The van der Waals surface area contributed by atoms with Crippen LogP contribution in [0.1, 0.15) is 31.7 Å². The van der Waals surface area contributed by atoms with Gasteiger partial charge in [0.15, 0.2) is 0 Å². The number of aryl methyl sites for hydroxylation is 1. The maximum Gasteiger partial charge on any atom is 0.250 e. The van der Waals surface area contributed by atoms with Crippen LogP contribution in [0.25, 0.3) is 0 Å². The van der Waals surface area contributed by atoms with E-state index >= 15 is 0 Å². The predicted molar refractivity (Wildman–Crippen MR) is 77.3 cm³/mol. The second kappa shape index (κ2) is 6.98. The van der Waals surface area contributed by atoms with Crippen molar-refractivity contribution in [3.63, 3.8) is 0 Å². The summed E-state index contributed by atoms with van der Waals surface area (Å²) in [5.41, 5.74) is 1.89. The Labute approximate surface area is 119 Å². The van der Waals surface area contributed by atoms with Crippen molar-refractivity contribution >= 4 is 5.91 Å². The molecule has 1 aromatic carbocycles. The predicted octanol–water partition coefficient (Wildman–Crippen LogP) is 2.52. The van der Waals surface area contributed by atoms with Crippen LogP contribution in [0, 0.1) is 0 Å². The van der Waals surface area contributed by atoms with Crippen LogP contribution in [-0.4, -0.2) is 23.7 Å². The maximum atomic E-state index is 12.0. The van der Waals surface area contributed by atoms with Gasteiger partial charge in [0.2, 0.25) is 0 Å². The Bertz CT molecular complexity index is 479. The van der Waals surface area contributed by atoms with E-state index in [1.165, 1.54) is 0 Å². The molecule has 1 aliphatic rings. The van der Waals surface area contributed by atoms with Crippen LogP contribution in [0.5, 0.6) is 5.75 Å². The quantitative estimate of drug-likeness (QED) is 0.868. The molecule has 4 heteroatoms. The molecule has 0 aliphatic carbocycles. The lowest BCUT2D eigenvalue weighted by atomic mass is 10.0. The van der Waals surface area contributed by atoms with E-state index in [-0.39, 0.29) is 17.7 Å². The number of aromatic hydroxyl groups is 1. The Balaban J connectivity index is 1.77. The summed E-state index contributed by atoms with van der Waals surface area (Å²) in [4.78, 5) is 12.0. The summed E-state index contributed by atoms with van der Waals surface area (Å²) < 4.78 is 5.18. The summed E-state index contributed by atoms with van der Waals surface area (Å²) in [6.07, 6.45) is 5.01. The molecule has 2 N–H and O–H groups in total. The van der Waals surface area contributed by atoms with E-state index < -0.39 is 0 Å². The molecular weight excluding hydrogens is 254 g/mol. The topological polar surface area (TPSA) is 58.6 Å². The van der Waals surface area contributed by atoms with Gasteiger partial charge in [0, 0.05) is 6.04 Å². The van der Waals surface area contributed by atoms with Crippen molar-refractivity contribution < 1.29 is 14.6 Å². The van der Waals surface area contributed by atoms with Crippen molar-refractivity contribution in [3.05, 3.63) is 41.7 Å². The summed E-state index contributed by atoms with van der Waals surface area (Å²) in [7, 11) is 0. The normalized spacial score (nSPS) is 15.9. The SMILES string of the molecule is CC(CCc1ccc(O)cc1)NC(=O)C1=COCCC1. The van der Waals surface area contributed by atoms with E-state index in [1.54, 1.807) is 18.4 Å². The Morgan fingerprint density at radius 3 is 2.80 bits per heavy atom. The average molecular weight is 275 g/mol. The van der Waals surface area contributed by atoms with Crippen LogP contribution in [0.2, 0.25) is 0 Å². The van der Waals surface area contributed by atoms with Gasteiger partial charge >= 0.3 is 0 Å². The third kappa shape index (κ3) is 4.30. The van der Waals surface area contributed by atoms with E-state index in [0.717, 1.165) is 36.8 Å². The van der Waals surface area contributed by atoms with Crippen LogP contribution in [0.3, 0.4) is 0 Å². The van der Waals surface area contributed by atoms with Gasteiger partial charge in [-0.2, -0.15) is 0 Å². The van der Waals surface area contributed by atoms with Gasteiger partial charge in [-0.25, -0.2) is 0 Å². The highest BCUT2D eigenvalue weighted by Gasteiger charge is 2.15. The number of phenolic OH excluding ortho intramolecular Hbond substituents is 1. The molecule has 0 saturated carbocycles. The molecule has 0 aromatic heterocycles. The largest absolute Gasteiger partial charge is 0.508 e. The molecule has 4 nitrogen and oxygen atoms in total. The fourth-order valence-corrected chi connectivity index (χ4v) is 2.17. The van der Waals surface area contributed by atoms with Crippen molar-refractivity contribution in [2.45, 2.75) is 38.6 Å². The van der Waals surface area contributed by atoms with E-state index in [4.69, 9.17) is 4.74 Å². The molecule has 0 spiro atoms. The van der Waals surface area contributed by atoms with Gasteiger partial charge in [0.1, 0.15) is 5.75 Å². The first-order chi connectivity index (χ1) is 9.65. The van der Waals surface area contributed by atoms with Crippen molar-refractivity contribution in [3.8, 4) is 5.75 Å². The zero-order valence-electron chi connectivity index (χ0n) is 11.8. The molecule has 1 heterocycles. The number of nitrogens with one attached hydrogen (secondary N) is 1. The molecule has 0 saturated heterocycles. The highest BCUT2D eigenvalue weighted by Crippen LogP contribution is 2.14. The van der Waals surface area contributed by atoms with E-state index in [9.17, 15) is 9.90 Å². The van der Waals surface area contributed by atoms with Gasteiger partial charge in [-0.1, -0.05) is 12.1 Å². The number of phenols is 1. The smallest absolute Gasteiger partial charge is 0.250 e. The number of hydrogen-bond acceptors (Lipinski definition) is 3. The molecule has 1 unspecified atom stereocenters. The third-order valence-corrected chi connectivity index (χ3v) is 3.41. The van der Waals surface area contributed by atoms with Crippen molar-refractivity contribution in [2.24, 2.45) is 0 Å². The summed E-state index contributed by atoms with van der Waals surface area (Å²) in [5.74, 6) is 0.252. The van der Waals surface area contributed by atoms with Crippen molar-refractivity contribution in [2.75, 3.05) is 6.61 Å². The molecular formula is C16H21NO3. The minimum Gasteiger partial charge on any atom is -0.508 e. The highest BCUT2D eigenvalue weighted by atomic mass is 16.5. The minimum absolute atomic E-state index is 0.0251. The van der Waals surface area contributed by atoms with Gasteiger partial charge in [0.25, 0.3) is 5.91 Å². The highest BCUT2D eigenvalue weighted by molar-refractivity contribution is 5.93. The molecule has 1 aromatic rings. The lowest BCUT2D eigenvalue weighted by molar-refractivity contribution is -0.118. The number of carbonyl (C=O) groups is 1. The lowest BCUT2D eigenvalue weighted by Gasteiger charge is -2.17. The Morgan fingerprint density at radius 2 is 2.15 bits per heavy atom. The number of hydrogen-bond donors (Lipinski definition) is 2. The van der Waals surface area contributed by atoms with Crippen LogP contribution < -0.4 is 5.32 Å². The van der Waals surface area contributed by atoms with Gasteiger partial charge in [-0.3, -0.25) is 4.79 Å². The Kier molecular flexibility index (Phi) is 5.04. The minimum atomic E-state index is -0.0251. The van der Waals surface area contributed by atoms with Gasteiger partial charge in [-0.05, 0) is 50.3 Å². The number of amides is 1. The summed E-state index contributed by atoms with van der Waals surface area (Å²) in [6, 6.07) is 7.29. The summed E-state index contributed by atoms with van der Waals surface area (Å²) in [6.45, 7) is 2.70. The fourth-order valence-electron chi connectivity index (χ4n) is 2.17. The van der Waals surface area contributed by atoms with Gasteiger partial charge in [-0.15, -0.1) is 0 Å². The molecule has 1 amide bonds. The maximum absolute atomic E-state index is 12.0. The van der Waals surface area contributed by atoms with Gasteiger partial charge in [0.05, 0.1) is 18.4 Å². The molecule has 20 heavy (non-hydrogen) atoms. The van der Waals surface area contributed by atoms with Crippen molar-refractivity contribution in [1.82, 2.24) is 5.32 Å². The van der Waals surface area contributed by atoms with E-state index in [1.807, 2.05) is 19.1 Å². The summed E-state index contributed by atoms with van der Waals surface area (Å²) in [5, 5.41) is 12.2. The van der Waals surface area contributed by atoms with Crippen LogP contribution in [-0.2, 0) is 16.0 Å². The lowest BCUT2D eigenvalue weighted by Crippen LogP contribution is -2.34. The number of rotatable bonds is 5. The molecule has 1 atom stereocenters.